The summed E-state index contributed by atoms with van der Waals surface area (Å²) in [6, 6.07) is 7.60. The highest BCUT2D eigenvalue weighted by atomic mass is 32.1. The van der Waals surface area contributed by atoms with Crippen LogP contribution in [0.15, 0.2) is 29.6 Å². The lowest BCUT2D eigenvalue weighted by atomic mass is 10.0. The van der Waals surface area contributed by atoms with E-state index >= 15 is 0 Å². The molecule has 0 radical (unpaired) electrons. The highest BCUT2D eigenvalue weighted by Crippen LogP contribution is 2.21. The molecule has 1 aliphatic heterocycles. The number of amides is 1. The molecule has 4 nitrogen and oxygen atoms in total. The Morgan fingerprint density at radius 3 is 3.13 bits per heavy atom. The van der Waals surface area contributed by atoms with Crippen LogP contribution in [0.1, 0.15) is 41.4 Å². The number of nitrogens with one attached hydrogen (secondary N) is 1. The second-order valence-electron chi connectivity index (χ2n) is 6.45. The number of anilines is 1. The molecule has 1 amide bonds. The van der Waals surface area contributed by atoms with Gasteiger partial charge in [-0.15, -0.1) is 11.3 Å². The van der Waals surface area contributed by atoms with E-state index in [1.165, 1.54) is 24.2 Å². The molecule has 1 saturated heterocycles. The van der Waals surface area contributed by atoms with E-state index in [0.717, 1.165) is 36.8 Å². The Morgan fingerprint density at radius 1 is 1.48 bits per heavy atom. The summed E-state index contributed by atoms with van der Waals surface area (Å²) in [5.41, 5.74) is 2.80. The van der Waals surface area contributed by atoms with Crippen LogP contribution in [0.4, 0.5) is 5.13 Å². The first kappa shape index (κ1) is 16.1. The first-order valence-electron chi connectivity index (χ1n) is 8.15. The van der Waals surface area contributed by atoms with Gasteiger partial charge in [-0.1, -0.05) is 24.6 Å². The summed E-state index contributed by atoms with van der Waals surface area (Å²) >= 11 is 1.50. The molecule has 1 unspecified atom stereocenters. The number of benzene rings is 1. The summed E-state index contributed by atoms with van der Waals surface area (Å²) in [5.74, 6) is 0.670. The number of hydrogen-bond acceptors (Lipinski definition) is 4. The van der Waals surface area contributed by atoms with E-state index in [9.17, 15) is 4.79 Å². The van der Waals surface area contributed by atoms with Crippen molar-refractivity contribution in [3.8, 4) is 0 Å². The number of carbonyl (C=O) groups is 1. The zero-order valence-corrected chi connectivity index (χ0v) is 14.5. The van der Waals surface area contributed by atoms with Crippen LogP contribution < -0.4 is 5.32 Å². The van der Waals surface area contributed by atoms with Gasteiger partial charge in [0.25, 0.3) is 5.91 Å². The van der Waals surface area contributed by atoms with Gasteiger partial charge in [-0.2, -0.15) is 0 Å². The number of hydrogen-bond donors (Lipinski definition) is 1. The largest absolute Gasteiger partial charge is 0.298 e. The van der Waals surface area contributed by atoms with Crippen LogP contribution in [0.3, 0.4) is 0 Å². The standard InChI is InChI=1S/C18H23N3OS/c1-13-5-3-7-15(9-13)17(22)20-18-19-16(12-23-18)11-21-8-4-6-14(2)10-21/h3,5,7,9,12,14H,4,6,8,10-11H2,1-2H3,(H,19,20,22). The average Bonchev–Trinajstić information content (AvgIpc) is 2.94. The molecule has 1 aliphatic rings. The number of nitrogens with zero attached hydrogens (tertiary/aromatic N) is 2. The van der Waals surface area contributed by atoms with Gasteiger partial charge in [0.1, 0.15) is 0 Å². The minimum absolute atomic E-state index is 0.0961. The Balaban J connectivity index is 1.59. The number of likely N-dealkylation sites (tertiary alicyclic amines) is 1. The van der Waals surface area contributed by atoms with Crippen molar-refractivity contribution in [2.45, 2.75) is 33.2 Å². The smallest absolute Gasteiger partial charge is 0.257 e. The molecule has 1 fully saturated rings. The van der Waals surface area contributed by atoms with E-state index in [4.69, 9.17) is 0 Å². The Bertz CT molecular complexity index is 682. The van der Waals surface area contributed by atoms with Crippen molar-refractivity contribution in [2.75, 3.05) is 18.4 Å². The monoisotopic (exact) mass is 329 g/mol. The first-order chi connectivity index (χ1) is 11.1. The van der Waals surface area contributed by atoms with Gasteiger partial charge in [0.05, 0.1) is 5.69 Å². The molecule has 122 valence electrons. The first-order valence-corrected chi connectivity index (χ1v) is 9.03. The second kappa shape index (κ2) is 7.23. The summed E-state index contributed by atoms with van der Waals surface area (Å²) < 4.78 is 0. The highest BCUT2D eigenvalue weighted by molar-refractivity contribution is 7.13. The van der Waals surface area contributed by atoms with Crippen molar-refractivity contribution >= 4 is 22.4 Å². The van der Waals surface area contributed by atoms with E-state index in [-0.39, 0.29) is 5.91 Å². The molecule has 1 aromatic heterocycles. The fourth-order valence-electron chi connectivity index (χ4n) is 3.05. The molecule has 0 bridgehead atoms. The maximum atomic E-state index is 12.3. The average molecular weight is 329 g/mol. The lowest BCUT2D eigenvalue weighted by Crippen LogP contribution is -2.33. The second-order valence-corrected chi connectivity index (χ2v) is 7.31. The number of aromatic nitrogens is 1. The third-order valence-corrected chi connectivity index (χ3v) is 4.99. The van der Waals surface area contributed by atoms with Crippen LogP contribution in [0.2, 0.25) is 0 Å². The molecule has 5 heteroatoms. The maximum absolute atomic E-state index is 12.3. The minimum atomic E-state index is -0.0961. The van der Waals surface area contributed by atoms with Gasteiger partial charge in [0.2, 0.25) is 0 Å². The summed E-state index contributed by atoms with van der Waals surface area (Å²) in [6.07, 6.45) is 2.59. The van der Waals surface area contributed by atoms with Crippen molar-refractivity contribution < 1.29 is 4.79 Å². The van der Waals surface area contributed by atoms with Crippen molar-refractivity contribution in [1.29, 1.82) is 0 Å². The van der Waals surface area contributed by atoms with Crippen molar-refractivity contribution in [1.82, 2.24) is 9.88 Å². The molecular formula is C18H23N3OS. The highest BCUT2D eigenvalue weighted by Gasteiger charge is 2.17. The quantitative estimate of drug-likeness (QED) is 0.924. The molecule has 2 heterocycles. The number of carbonyl (C=O) groups excluding carboxylic acids is 1. The van der Waals surface area contributed by atoms with Crippen molar-refractivity contribution in [3.05, 3.63) is 46.5 Å². The van der Waals surface area contributed by atoms with E-state index in [2.05, 4.69) is 22.1 Å². The van der Waals surface area contributed by atoms with E-state index in [0.29, 0.717) is 10.7 Å². The molecule has 0 saturated carbocycles. The van der Waals surface area contributed by atoms with E-state index < -0.39 is 0 Å². The fourth-order valence-corrected chi connectivity index (χ4v) is 3.75. The molecule has 1 aromatic carbocycles. The van der Waals surface area contributed by atoms with Gasteiger partial charge in [0, 0.05) is 24.0 Å². The molecule has 0 aliphatic carbocycles. The molecule has 0 spiro atoms. The molecule has 23 heavy (non-hydrogen) atoms. The van der Waals surface area contributed by atoms with Crippen molar-refractivity contribution in [3.63, 3.8) is 0 Å². The van der Waals surface area contributed by atoms with Gasteiger partial charge in [-0.3, -0.25) is 15.0 Å². The Labute approximate surface area is 141 Å². The third kappa shape index (κ3) is 4.39. The number of thiazole rings is 1. The van der Waals surface area contributed by atoms with Crippen LogP contribution in [-0.4, -0.2) is 28.9 Å². The summed E-state index contributed by atoms with van der Waals surface area (Å²) in [4.78, 5) is 19.3. The summed E-state index contributed by atoms with van der Waals surface area (Å²) in [5, 5.41) is 5.63. The molecule has 1 atom stereocenters. The van der Waals surface area contributed by atoms with Crippen LogP contribution in [0.25, 0.3) is 0 Å². The van der Waals surface area contributed by atoms with Gasteiger partial charge >= 0.3 is 0 Å². The lowest BCUT2D eigenvalue weighted by molar-refractivity contribution is 0.102. The molecular weight excluding hydrogens is 306 g/mol. The lowest BCUT2D eigenvalue weighted by Gasteiger charge is -2.30. The SMILES string of the molecule is Cc1cccc(C(=O)Nc2nc(CN3CCCC(C)C3)cs2)c1. The number of piperidine rings is 1. The summed E-state index contributed by atoms with van der Waals surface area (Å²) in [7, 11) is 0. The van der Waals surface area contributed by atoms with Gasteiger partial charge < -0.3 is 0 Å². The van der Waals surface area contributed by atoms with Crippen molar-refractivity contribution in [2.24, 2.45) is 5.92 Å². The number of aryl methyl sites for hydroxylation is 1. The van der Waals surface area contributed by atoms with Crippen LogP contribution in [0, 0.1) is 12.8 Å². The Kier molecular flexibility index (Phi) is 5.08. The van der Waals surface area contributed by atoms with Crippen LogP contribution in [-0.2, 0) is 6.54 Å². The summed E-state index contributed by atoms with van der Waals surface area (Å²) in [6.45, 7) is 7.45. The van der Waals surface area contributed by atoms with Gasteiger partial charge in [0.15, 0.2) is 5.13 Å². The predicted molar refractivity (Wildman–Crippen MR) is 94.9 cm³/mol. The van der Waals surface area contributed by atoms with Crippen LogP contribution >= 0.6 is 11.3 Å². The van der Waals surface area contributed by atoms with E-state index in [1.807, 2.05) is 36.6 Å². The zero-order chi connectivity index (χ0) is 16.2. The maximum Gasteiger partial charge on any atom is 0.257 e. The fraction of sp³-hybridized carbons (Fsp3) is 0.444. The van der Waals surface area contributed by atoms with E-state index in [1.54, 1.807) is 0 Å². The molecule has 2 aromatic rings. The normalized spacial score (nSPS) is 18.8. The molecule has 1 N–H and O–H groups in total. The Hall–Kier alpha value is -1.72. The van der Waals surface area contributed by atoms with Gasteiger partial charge in [-0.25, -0.2) is 4.98 Å². The zero-order valence-electron chi connectivity index (χ0n) is 13.7. The molecule has 3 rings (SSSR count). The topological polar surface area (TPSA) is 45.2 Å². The third-order valence-electron chi connectivity index (χ3n) is 4.18. The van der Waals surface area contributed by atoms with Crippen LogP contribution in [0.5, 0.6) is 0 Å². The Morgan fingerprint density at radius 2 is 2.35 bits per heavy atom. The predicted octanol–water partition coefficient (Wildman–Crippen LogP) is 3.94. The number of rotatable bonds is 4. The van der Waals surface area contributed by atoms with Gasteiger partial charge in [-0.05, 0) is 44.4 Å². The minimum Gasteiger partial charge on any atom is -0.298 e.